The molecule has 0 saturated heterocycles. The highest BCUT2D eigenvalue weighted by atomic mass is 32.2. The summed E-state index contributed by atoms with van der Waals surface area (Å²) in [4.78, 5) is 11.9. The lowest BCUT2D eigenvalue weighted by atomic mass is 10.1. The van der Waals surface area contributed by atoms with Crippen LogP contribution < -0.4 is 14.4 Å². The largest absolute Gasteiger partial charge is 0.484 e. The van der Waals surface area contributed by atoms with Gasteiger partial charge in [0.2, 0.25) is 10.0 Å². The fraction of sp³-hybridized carbons (Fsp3) is 0.278. The van der Waals surface area contributed by atoms with Crippen molar-refractivity contribution >= 4 is 27.3 Å². The van der Waals surface area contributed by atoms with Gasteiger partial charge >= 0.3 is 0 Å². The number of nitrogens with zero attached hydrogens (tertiary/aromatic N) is 1. The van der Waals surface area contributed by atoms with Crippen LogP contribution in [0.3, 0.4) is 0 Å². The Labute approximate surface area is 148 Å². The summed E-state index contributed by atoms with van der Waals surface area (Å²) in [5.74, 6) is 0.226. The summed E-state index contributed by atoms with van der Waals surface area (Å²) in [5, 5.41) is 2.76. The van der Waals surface area contributed by atoms with Gasteiger partial charge in [0.15, 0.2) is 6.61 Å². The molecule has 2 rings (SSSR count). The van der Waals surface area contributed by atoms with Gasteiger partial charge in [0.1, 0.15) is 5.75 Å². The number of ether oxygens (including phenoxy) is 1. The van der Waals surface area contributed by atoms with Crippen LogP contribution in [-0.2, 0) is 21.2 Å². The summed E-state index contributed by atoms with van der Waals surface area (Å²) in [6.07, 6.45) is 2.08. The van der Waals surface area contributed by atoms with Crippen molar-refractivity contribution in [2.45, 2.75) is 13.3 Å². The van der Waals surface area contributed by atoms with Gasteiger partial charge in [0.05, 0.1) is 11.9 Å². The number of anilines is 2. The minimum Gasteiger partial charge on any atom is -0.484 e. The number of nitrogens with one attached hydrogen (secondary N) is 1. The van der Waals surface area contributed by atoms with Crippen LogP contribution in [-0.4, -0.2) is 34.2 Å². The van der Waals surface area contributed by atoms with Crippen LogP contribution in [0.1, 0.15) is 12.5 Å². The van der Waals surface area contributed by atoms with Crippen molar-refractivity contribution in [1.29, 1.82) is 0 Å². The van der Waals surface area contributed by atoms with Crippen LogP contribution in [0, 0.1) is 0 Å². The molecule has 0 heterocycles. The van der Waals surface area contributed by atoms with Crippen molar-refractivity contribution in [1.82, 2.24) is 0 Å². The van der Waals surface area contributed by atoms with E-state index in [1.807, 2.05) is 24.3 Å². The zero-order chi connectivity index (χ0) is 18.4. The molecule has 0 bridgehead atoms. The maximum absolute atomic E-state index is 11.9. The second kappa shape index (κ2) is 8.02. The number of amides is 1. The van der Waals surface area contributed by atoms with Crippen molar-refractivity contribution in [3.05, 3.63) is 54.1 Å². The standard InChI is InChI=1S/C18H22N2O4S/c1-4-14-5-7-15(8-6-14)19-18(21)13-24-17-11-9-16(10-12-17)20(2)25(3,22)23/h5-12H,4,13H2,1-3H3,(H,19,21). The third kappa shape index (κ3) is 5.49. The molecule has 25 heavy (non-hydrogen) atoms. The molecule has 0 spiro atoms. The highest BCUT2D eigenvalue weighted by molar-refractivity contribution is 7.92. The minimum atomic E-state index is -3.31. The predicted molar refractivity (Wildman–Crippen MR) is 99.6 cm³/mol. The van der Waals surface area contributed by atoms with E-state index in [4.69, 9.17) is 4.74 Å². The number of hydrogen-bond donors (Lipinski definition) is 1. The van der Waals surface area contributed by atoms with Gasteiger partial charge in [-0.1, -0.05) is 19.1 Å². The molecular formula is C18H22N2O4S. The zero-order valence-corrected chi connectivity index (χ0v) is 15.3. The molecule has 2 aromatic rings. The minimum absolute atomic E-state index is 0.128. The Kier molecular flexibility index (Phi) is 6.03. The predicted octanol–water partition coefficient (Wildman–Crippen LogP) is 2.66. The number of hydrogen-bond acceptors (Lipinski definition) is 4. The number of sulfonamides is 1. The number of carbonyl (C=O) groups is 1. The molecule has 134 valence electrons. The Morgan fingerprint density at radius 2 is 1.68 bits per heavy atom. The number of carbonyl (C=O) groups excluding carboxylic acids is 1. The topological polar surface area (TPSA) is 75.7 Å². The van der Waals surface area contributed by atoms with Gasteiger partial charge in [-0.05, 0) is 48.4 Å². The second-order valence-corrected chi connectivity index (χ2v) is 7.63. The summed E-state index contributed by atoms with van der Waals surface area (Å²) in [6.45, 7) is 1.94. The fourth-order valence-corrected chi connectivity index (χ4v) is 2.62. The lowest BCUT2D eigenvalue weighted by Crippen LogP contribution is -2.24. The Morgan fingerprint density at radius 1 is 1.08 bits per heavy atom. The molecule has 0 saturated carbocycles. The molecule has 1 amide bonds. The van der Waals surface area contributed by atoms with Crippen molar-refractivity contribution in [3.8, 4) is 5.75 Å². The van der Waals surface area contributed by atoms with E-state index in [0.717, 1.165) is 18.4 Å². The van der Waals surface area contributed by atoms with Crippen molar-refractivity contribution < 1.29 is 17.9 Å². The first kappa shape index (κ1) is 18.8. The van der Waals surface area contributed by atoms with Crippen LogP contribution in [0.15, 0.2) is 48.5 Å². The van der Waals surface area contributed by atoms with E-state index >= 15 is 0 Å². The number of rotatable bonds is 7. The third-order valence-corrected chi connectivity index (χ3v) is 4.92. The van der Waals surface area contributed by atoms with E-state index in [-0.39, 0.29) is 12.5 Å². The SMILES string of the molecule is CCc1ccc(NC(=O)COc2ccc(N(C)S(C)(=O)=O)cc2)cc1. The van der Waals surface area contributed by atoms with Gasteiger partial charge in [-0.3, -0.25) is 9.10 Å². The molecule has 0 unspecified atom stereocenters. The average Bonchev–Trinajstić information content (AvgIpc) is 2.59. The zero-order valence-electron chi connectivity index (χ0n) is 14.5. The van der Waals surface area contributed by atoms with Crippen LogP contribution in [0.5, 0.6) is 5.75 Å². The van der Waals surface area contributed by atoms with E-state index in [2.05, 4.69) is 12.2 Å². The average molecular weight is 362 g/mol. The number of aryl methyl sites for hydroxylation is 1. The second-order valence-electron chi connectivity index (χ2n) is 5.61. The van der Waals surface area contributed by atoms with E-state index in [9.17, 15) is 13.2 Å². The van der Waals surface area contributed by atoms with Crippen molar-refractivity contribution in [2.24, 2.45) is 0 Å². The Balaban J connectivity index is 1.89. The van der Waals surface area contributed by atoms with Gasteiger partial charge in [0, 0.05) is 12.7 Å². The quantitative estimate of drug-likeness (QED) is 0.822. The first-order valence-electron chi connectivity index (χ1n) is 7.85. The Hall–Kier alpha value is -2.54. The van der Waals surface area contributed by atoms with Crippen molar-refractivity contribution in [3.63, 3.8) is 0 Å². The van der Waals surface area contributed by atoms with E-state index < -0.39 is 10.0 Å². The maximum Gasteiger partial charge on any atom is 0.262 e. The molecule has 1 N–H and O–H groups in total. The van der Waals surface area contributed by atoms with Crippen LogP contribution in [0.4, 0.5) is 11.4 Å². The normalized spacial score (nSPS) is 11.0. The summed E-state index contributed by atoms with van der Waals surface area (Å²) >= 11 is 0. The van der Waals surface area contributed by atoms with Gasteiger partial charge in [-0.25, -0.2) is 8.42 Å². The van der Waals surface area contributed by atoms with E-state index in [1.165, 1.54) is 16.9 Å². The van der Waals surface area contributed by atoms with Crippen LogP contribution in [0.25, 0.3) is 0 Å². The molecule has 0 aliphatic heterocycles. The molecule has 0 aliphatic rings. The lowest BCUT2D eigenvalue weighted by Gasteiger charge is -2.16. The molecule has 7 heteroatoms. The molecule has 0 aliphatic carbocycles. The Morgan fingerprint density at radius 3 is 2.20 bits per heavy atom. The monoisotopic (exact) mass is 362 g/mol. The molecule has 0 fully saturated rings. The van der Waals surface area contributed by atoms with Gasteiger partial charge in [-0.15, -0.1) is 0 Å². The molecule has 0 aromatic heterocycles. The van der Waals surface area contributed by atoms with E-state index in [1.54, 1.807) is 24.3 Å². The number of benzene rings is 2. The summed E-state index contributed by atoms with van der Waals surface area (Å²) in [6, 6.07) is 14.1. The molecule has 6 nitrogen and oxygen atoms in total. The van der Waals surface area contributed by atoms with Gasteiger partial charge in [0.25, 0.3) is 5.91 Å². The first-order valence-corrected chi connectivity index (χ1v) is 9.70. The Bertz CT molecular complexity index is 815. The highest BCUT2D eigenvalue weighted by Crippen LogP contribution is 2.20. The summed E-state index contributed by atoms with van der Waals surface area (Å²) in [5.41, 5.74) is 2.44. The summed E-state index contributed by atoms with van der Waals surface area (Å²) < 4.78 is 29.6. The molecular weight excluding hydrogens is 340 g/mol. The highest BCUT2D eigenvalue weighted by Gasteiger charge is 2.11. The fourth-order valence-electron chi connectivity index (χ4n) is 2.11. The molecule has 2 aromatic carbocycles. The lowest BCUT2D eigenvalue weighted by molar-refractivity contribution is -0.118. The van der Waals surface area contributed by atoms with Crippen molar-refractivity contribution in [2.75, 3.05) is 29.5 Å². The molecule has 0 radical (unpaired) electrons. The molecule has 0 atom stereocenters. The van der Waals surface area contributed by atoms with E-state index in [0.29, 0.717) is 11.4 Å². The third-order valence-electron chi connectivity index (χ3n) is 3.71. The van der Waals surface area contributed by atoms with Gasteiger partial charge in [-0.2, -0.15) is 0 Å². The maximum atomic E-state index is 11.9. The first-order chi connectivity index (χ1) is 11.8. The summed E-state index contributed by atoms with van der Waals surface area (Å²) in [7, 11) is -1.83. The van der Waals surface area contributed by atoms with Crippen LogP contribution in [0.2, 0.25) is 0 Å². The van der Waals surface area contributed by atoms with Crippen LogP contribution >= 0.6 is 0 Å². The van der Waals surface area contributed by atoms with Gasteiger partial charge < -0.3 is 10.1 Å². The smallest absolute Gasteiger partial charge is 0.262 e.